The second kappa shape index (κ2) is 5.57. The van der Waals surface area contributed by atoms with Crippen LogP contribution < -0.4 is 11.1 Å². The lowest BCUT2D eigenvalue weighted by molar-refractivity contribution is -0.132. The molecule has 2 rings (SSSR count). The number of anilines is 1. The second-order valence-corrected chi connectivity index (χ2v) is 5.46. The Morgan fingerprint density at radius 2 is 2.26 bits per heavy atom. The Morgan fingerprint density at radius 1 is 1.53 bits per heavy atom. The fraction of sp³-hybridized carbons (Fsp3) is 0.429. The van der Waals surface area contributed by atoms with Crippen molar-refractivity contribution in [3.8, 4) is 0 Å². The predicted octanol–water partition coefficient (Wildman–Crippen LogP) is 1.66. The fourth-order valence-electron chi connectivity index (χ4n) is 2.40. The number of nitrogens with one attached hydrogen (secondary N) is 1. The van der Waals surface area contributed by atoms with Crippen LogP contribution in [0.5, 0.6) is 0 Å². The van der Waals surface area contributed by atoms with Gasteiger partial charge < -0.3 is 16.0 Å². The van der Waals surface area contributed by atoms with Crippen molar-refractivity contribution in [1.29, 1.82) is 0 Å². The van der Waals surface area contributed by atoms with Gasteiger partial charge in [0.2, 0.25) is 5.91 Å². The van der Waals surface area contributed by atoms with Crippen LogP contribution in [-0.4, -0.2) is 35.4 Å². The summed E-state index contributed by atoms with van der Waals surface area (Å²) in [5.41, 5.74) is 8.74. The number of para-hydroxylation sites is 1. The van der Waals surface area contributed by atoms with Gasteiger partial charge in [-0.25, -0.2) is 0 Å². The molecule has 1 heterocycles. The molecular weight excluding hydrogens is 258 g/mol. The van der Waals surface area contributed by atoms with Crippen LogP contribution in [0.3, 0.4) is 0 Å². The molecular formula is C14H19N3OS. The van der Waals surface area contributed by atoms with E-state index in [2.05, 4.69) is 5.32 Å². The molecule has 0 spiro atoms. The molecule has 1 atom stereocenters. The highest BCUT2D eigenvalue weighted by Crippen LogP contribution is 2.23. The van der Waals surface area contributed by atoms with Crippen LogP contribution in [0, 0.1) is 6.92 Å². The molecule has 0 aromatic heterocycles. The number of nitrogens with two attached hydrogens (primary N) is 1. The summed E-state index contributed by atoms with van der Waals surface area (Å²) in [6, 6.07) is 6.15. The number of rotatable bonds is 3. The quantitative estimate of drug-likeness (QED) is 0.825. The van der Waals surface area contributed by atoms with Gasteiger partial charge in [0, 0.05) is 37.3 Å². The van der Waals surface area contributed by atoms with E-state index in [0.717, 1.165) is 23.2 Å². The highest BCUT2D eigenvalue weighted by atomic mass is 32.1. The number of piperidine rings is 1. The lowest BCUT2D eigenvalue weighted by Gasteiger charge is -2.31. The molecule has 1 aromatic rings. The molecule has 1 aliphatic heterocycles. The van der Waals surface area contributed by atoms with Crippen molar-refractivity contribution in [1.82, 2.24) is 4.90 Å². The molecule has 0 bridgehead atoms. The molecule has 1 unspecified atom stereocenters. The van der Waals surface area contributed by atoms with E-state index in [-0.39, 0.29) is 11.9 Å². The minimum absolute atomic E-state index is 0.206. The van der Waals surface area contributed by atoms with E-state index in [1.807, 2.05) is 32.2 Å². The van der Waals surface area contributed by atoms with Crippen molar-refractivity contribution in [3.63, 3.8) is 0 Å². The molecule has 1 aliphatic rings. The van der Waals surface area contributed by atoms with Gasteiger partial charge in [-0.1, -0.05) is 24.4 Å². The van der Waals surface area contributed by atoms with Crippen LogP contribution in [0.1, 0.15) is 24.0 Å². The number of hydrogen-bond acceptors (Lipinski definition) is 3. The largest absolute Gasteiger partial charge is 0.389 e. The highest BCUT2D eigenvalue weighted by Gasteiger charge is 2.23. The van der Waals surface area contributed by atoms with Gasteiger partial charge in [-0.05, 0) is 25.0 Å². The number of hydrogen-bond donors (Lipinski definition) is 2. The van der Waals surface area contributed by atoms with Gasteiger partial charge in [0.05, 0.1) is 0 Å². The Kier molecular flexibility index (Phi) is 4.04. The van der Waals surface area contributed by atoms with Crippen molar-refractivity contribution >= 4 is 28.8 Å². The minimum atomic E-state index is 0.206. The van der Waals surface area contributed by atoms with Gasteiger partial charge >= 0.3 is 0 Å². The van der Waals surface area contributed by atoms with Crippen molar-refractivity contribution in [3.05, 3.63) is 29.3 Å². The summed E-state index contributed by atoms with van der Waals surface area (Å²) in [6.45, 7) is 2.74. The molecule has 1 saturated heterocycles. The SMILES string of the molecule is Cc1cccc(C(N)=S)c1NC1CCC(=O)N(C)C1. The monoisotopic (exact) mass is 277 g/mol. The van der Waals surface area contributed by atoms with Crippen molar-refractivity contribution in [2.45, 2.75) is 25.8 Å². The lowest BCUT2D eigenvalue weighted by atomic mass is 10.0. The van der Waals surface area contributed by atoms with E-state index >= 15 is 0 Å². The van der Waals surface area contributed by atoms with Gasteiger partial charge in [0.15, 0.2) is 0 Å². The highest BCUT2D eigenvalue weighted by molar-refractivity contribution is 7.80. The smallest absolute Gasteiger partial charge is 0.222 e. The van der Waals surface area contributed by atoms with Crippen LogP contribution >= 0.6 is 12.2 Å². The standard InChI is InChI=1S/C14H19N3OS/c1-9-4-3-5-11(14(15)19)13(9)16-10-6-7-12(18)17(2)8-10/h3-5,10,16H,6-8H2,1-2H3,(H2,15,19). The Bertz CT molecular complexity index is 515. The summed E-state index contributed by atoms with van der Waals surface area (Å²) < 4.78 is 0. The number of likely N-dealkylation sites (N-methyl/N-ethyl adjacent to an activating group) is 1. The predicted molar refractivity (Wildman–Crippen MR) is 81.3 cm³/mol. The van der Waals surface area contributed by atoms with E-state index in [0.29, 0.717) is 18.0 Å². The zero-order valence-corrected chi connectivity index (χ0v) is 12.1. The maximum absolute atomic E-state index is 11.5. The molecule has 1 amide bonds. The second-order valence-electron chi connectivity index (χ2n) is 5.02. The summed E-state index contributed by atoms with van der Waals surface area (Å²) in [7, 11) is 1.84. The number of carbonyl (C=O) groups excluding carboxylic acids is 1. The van der Waals surface area contributed by atoms with E-state index < -0.39 is 0 Å². The number of thiocarbonyl (C=S) groups is 1. The summed E-state index contributed by atoms with van der Waals surface area (Å²) in [4.78, 5) is 13.7. The Balaban J connectivity index is 2.19. The number of likely N-dealkylation sites (tertiary alicyclic amines) is 1. The Hall–Kier alpha value is -1.62. The minimum Gasteiger partial charge on any atom is -0.389 e. The summed E-state index contributed by atoms with van der Waals surface area (Å²) >= 11 is 5.09. The van der Waals surface area contributed by atoms with Gasteiger partial charge in [-0.3, -0.25) is 4.79 Å². The molecule has 19 heavy (non-hydrogen) atoms. The van der Waals surface area contributed by atoms with Crippen LogP contribution in [0.15, 0.2) is 18.2 Å². The van der Waals surface area contributed by atoms with Crippen molar-refractivity contribution < 1.29 is 4.79 Å². The molecule has 4 nitrogen and oxygen atoms in total. The van der Waals surface area contributed by atoms with E-state index in [4.69, 9.17) is 18.0 Å². The van der Waals surface area contributed by atoms with Gasteiger partial charge in [-0.2, -0.15) is 0 Å². The molecule has 0 radical (unpaired) electrons. The number of aryl methyl sites for hydroxylation is 1. The molecule has 0 saturated carbocycles. The zero-order valence-electron chi connectivity index (χ0n) is 11.3. The van der Waals surface area contributed by atoms with E-state index in [1.54, 1.807) is 4.90 Å². The van der Waals surface area contributed by atoms with Crippen LogP contribution in [0.2, 0.25) is 0 Å². The maximum Gasteiger partial charge on any atom is 0.222 e. The van der Waals surface area contributed by atoms with Gasteiger partial charge in [-0.15, -0.1) is 0 Å². The summed E-state index contributed by atoms with van der Waals surface area (Å²) in [6.07, 6.45) is 1.43. The van der Waals surface area contributed by atoms with Crippen LogP contribution in [0.25, 0.3) is 0 Å². The molecule has 1 fully saturated rings. The zero-order chi connectivity index (χ0) is 14.0. The number of nitrogens with zero attached hydrogens (tertiary/aromatic N) is 1. The van der Waals surface area contributed by atoms with Crippen LogP contribution in [0.4, 0.5) is 5.69 Å². The third-order valence-corrected chi connectivity index (χ3v) is 3.73. The maximum atomic E-state index is 11.5. The lowest BCUT2D eigenvalue weighted by Crippen LogP contribution is -2.43. The first-order valence-corrected chi connectivity index (χ1v) is 6.79. The third-order valence-electron chi connectivity index (χ3n) is 3.51. The average Bonchev–Trinajstić information content (AvgIpc) is 2.36. The van der Waals surface area contributed by atoms with Gasteiger partial charge in [0.25, 0.3) is 0 Å². The Labute approximate surface area is 119 Å². The number of benzene rings is 1. The van der Waals surface area contributed by atoms with E-state index in [9.17, 15) is 4.79 Å². The first-order valence-electron chi connectivity index (χ1n) is 6.39. The molecule has 1 aromatic carbocycles. The molecule has 0 aliphatic carbocycles. The molecule has 102 valence electrons. The first-order chi connectivity index (χ1) is 8.99. The molecule has 5 heteroatoms. The summed E-state index contributed by atoms with van der Waals surface area (Å²) in [5.74, 6) is 0.206. The fourth-order valence-corrected chi connectivity index (χ4v) is 2.57. The normalized spacial score (nSPS) is 19.4. The first kappa shape index (κ1) is 13.8. The number of amides is 1. The Morgan fingerprint density at radius 3 is 2.89 bits per heavy atom. The van der Waals surface area contributed by atoms with Gasteiger partial charge in [0.1, 0.15) is 4.99 Å². The summed E-state index contributed by atoms with van der Waals surface area (Å²) in [5, 5.41) is 3.49. The van der Waals surface area contributed by atoms with Crippen LogP contribution in [-0.2, 0) is 4.79 Å². The third kappa shape index (κ3) is 3.04. The topological polar surface area (TPSA) is 58.4 Å². The number of carbonyl (C=O) groups is 1. The van der Waals surface area contributed by atoms with Crippen molar-refractivity contribution in [2.24, 2.45) is 5.73 Å². The van der Waals surface area contributed by atoms with E-state index in [1.165, 1.54) is 0 Å². The average molecular weight is 277 g/mol. The van der Waals surface area contributed by atoms with Crippen molar-refractivity contribution in [2.75, 3.05) is 18.9 Å². The molecule has 3 N–H and O–H groups in total.